The largest absolute Gasteiger partial charge is 0.354 e. The Morgan fingerprint density at radius 2 is 1.84 bits per heavy atom. The summed E-state index contributed by atoms with van der Waals surface area (Å²) in [6, 6.07) is 9.51. The highest BCUT2D eigenvalue weighted by atomic mass is 16.2. The van der Waals surface area contributed by atoms with Crippen LogP contribution in [-0.4, -0.2) is 48.8 Å². The van der Waals surface area contributed by atoms with E-state index >= 15 is 0 Å². The van der Waals surface area contributed by atoms with E-state index in [-0.39, 0.29) is 30.1 Å². The number of hydrogen-bond acceptors (Lipinski definition) is 3. The van der Waals surface area contributed by atoms with Gasteiger partial charge < -0.3 is 15.5 Å². The van der Waals surface area contributed by atoms with Crippen molar-refractivity contribution >= 4 is 17.7 Å². The monoisotopic (exact) mass is 345 g/mol. The van der Waals surface area contributed by atoms with Crippen LogP contribution in [0, 0.1) is 11.8 Å². The Morgan fingerprint density at radius 1 is 1.16 bits per heavy atom. The summed E-state index contributed by atoms with van der Waals surface area (Å²) >= 11 is 0. The summed E-state index contributed by atoms with van der Waals surface area (Å²) in [5.74, 6) is -0.0293. The number of nitrogens with one attached hydrogen (secondary N) is 2. The van der Waals surface area contributed by atoms with E-state index in [2.05, 4.69) is 24.5 Å². The maximum Gasteiger partial charge on any atom is 0.225 e. The lowest BCUT2D eigenvalue weighted by molar-refractivity contribution is -0.129. The van der Waals surface area contributed by atoms with Crippen LogP contribution < -0.4 is 10.6 Å². The number of hydrogen-bond donors (Lipinski definition) is 2. The molecule has 3 amide bonds. The van der Waals surface area contributed by atoms with Gasteiger partial charge in [-0.2, -0.15) is 0 Å². The quantitative estimate of drug-likeness (QED) is 0.689. The van der Waals surface area contributed by atoms with Crippen molar-refractivity contribution in [1.82, 2.24) is 15.5 Å². The molecule has 0 radical (unpaired) electrons. The molecule has 2 rings (SSSR count). The Kier molecular flexibility index (Phi) is 6.98. The lowest BCUT2D eigenvalue weighted by Gasteiger charge is -2.18. The minimum atomic E-state index is -0.286. The zero-order valence-corrected chi connectivity index (χ0v) is 15.0. The van der Waals surface area contributed by atoms with Crippen molar-refractivity contribution in [2.24, 2.45) is 11.8 Å². The van der Waals surface area contributed by atoms with Gasteiger partial charge in [0, 0.05) is 32.6 Å². The van der Waals surface area contributed by atoms with E-state index in [0.717, 1.165) is 5.56 Å². The Hall–Kier alpha value is -2.37. The predicted molar refractivity (Wildman–Crippen MR) is 95.7 cm³/mol. The van der Waals surface area contributed by atoms with Gasteiger partial charge in [-0.15, -0.1) is 0 Å². The van der Waals surface area contributed by atoms with E-state index in [0.29, 0.717) is 38.5 Å². The fourth-order valence-corrected chi connectivity index (χ4v) is 2.94. The van der Waals surface area contributed by atoms with Crippen LogP contribution in [0.5, 0.6) is 0 Å². The van der Waals surface area contributed by atoms with Gasteiger partial charge in [-0.3, -0.25) is 14.4 Å². The summed E-state index contributed by atoms with van der Waals surface area (Å²) in [5, 5.41) is 5.60. The lowest BCUT2D eigenvalue weighted by atomic mass is 10.1. The van der Waals surface area contributed by atoms with Crippen molar-refractivity contribution in [1.29, 1.82) is 0 Å². The molecule has 136 valence electrons. The maximum atomic E-state index is 12.2. The molecule has 1 aromatic rings. The van der Waals surface area contributed by atoms with Gasteiger partial charge in [-0.1, -0.05) is 44.2 Å². The van der Waals surface area contributed by atoms with Crippen LogP contribution in [0.4, 0.5) is 0 Å². The SMILES string of the molecule is CC(C)CN1CC(C(=O)NCCNC(=O)Cc2ccccc2)CC1=O. The van der Waals surface area contributed by atoms with Crippen LogP contribution in [0.3, 0.4) is 0 Å². The molecule has 1 fully saturated rings. The fourth-order valence-electron chi connectivity index (χ4n) is 2.94. The fraction of sp³-hybridized carbons (Fsp3) is 0.526. The Labute approximate surface area is 149 Å². The topological polar surface area (TPSA) is 78.5 Å². The van der Waals surface area contributed by atoms with Gasteiger partial charge in [0.15, 0.2) is 0 Å². The third-order valence-corrected chi connectivity index (χ3v) is 4.12. The van der Waals surface area contributed by atoms with Crippen molar-refractivity contribution in [2.75, 3.05) is 26.2 Å². The number of carbonyl (C=O) groups is 3. The molecule has 0 spiro atoms. The summed E-state index contributed by atoms with van der Waals surface area (Å²) in [5.41, 5.74) is 0.957. The molecule has 6 nitrogen and oxygen atoms in total. The van der Waals surface area contributed by atoms with E-state index in [4.69, 9.17) is 0 Å². The van der Waals surface area contributed by atoms with Crippen molar-refractivity contribution in [3.63, 3.8) is 0 Å². The van der Waals surface area contributed by atoms with Gasteiger partial charge >= 0.3 is 0 Å². The third-order valence-electron chi connectivity index (χ3n) is 4.12. The Morgan fingerprint density at radius 3 is 2.52 bits per heavy atom. The highest BCUT2D eigenvalue weighted by molar-refractivity contribution is 5.89. The molecule has 0 aromatic heterocycles. The molecule has 1 aliphatic heterocycles. The number of rotatable bonds is 8. The number of carbonyl (C=O) groups excluding carboxylic acids is 3. The van der Waals surface area contributed by atoms with Crippen molar-refractivity contribution in [3.8, 4) is 0 Å². The third kappa shape index (κ3) is 6.21. The van der Waals surface area contributed by atoms with Gasteiger partial charge in [0.05, 0.1) is 12.3 Å². The summed E-state index contributed by atoms with van der Waals surface area (Å²) in [4.78, 5) is 37.6. The van der Waals surface area contributed by atoms with Crippen LogP contribution in [0.15, 0.2) is 30.3 Å². The molecule has 0 bridgehead atoms. The predicted octanol–water partition coefficient (Wildman–Crippen LogP) is 0.966. The van der Waals surface area contributed by atoms with Crippen molar-refractivity contribution in [2.45, 2.75) is 26.7 Å². The summed E-state index contributed by atoms with van der Waals surface area (Å²) < 4.78 is 0. The number of nitrogens with zero attached hydrogens (tertiary/aromatic N) is 1. The van der Waals surface area contributed by atoms with Crippen molar-refractivity contribution in [3.05, 3.63) is 35.9 Å². The van der Waals surface area contributed by atoms with E-state index in [1.165, 1.54) is 0 Å². The second-order valence-electron chi connectivity index (χ2n) is 6.90. The minimum Gasteiger partial charge on any atom is -0.354 e. The molecule has 1 saturated heterocycles. The van der Waals surface area contributed by atoms with E-state index in [9.17, 15) is 14.4 Å². The molecule has 0 saturated carbocycles. The molecular weight excluding hydrogens is 318 g/mol. The standard InChI is InChI=1S/C19H27N3O3/c1-14(2)12-22-13-16(11-18(22)24)19(25)21-9-8-20-17(23)10-15-6-4-3-5-7-15/h3-7,14,16H,8-13H2,1-2H3,(H,20,23)(H,21,25). The normalized spacial score (nSPS) is 17.0. The first-order chi connectivity index (χ1) is 12.0. The van der Waals surface area contributed by atoms with Crippen LogP contribution in [0.25, 0.3) is 0 Å². The van der Waals surface area contributed by atoms with Crippen LogP contribution in [0.1, 0.15) is 25.8 Å². The number of likely N-dealkylation sites (tertiary alicyclic amines) is 1. The van der Waals surface area contributed by atoms with Gasteiger partial charge in [0.1, 0.15) is 0 Å². The highest BCUT2D eigenvalue weighted by Gasteiger charge is 2.34. The number of benzene rings is 1. The molecular formula is C19H27N3O3. The highest BCUT2D eigenvalue weighted by Crippen LogP contribution is 2.18. The first-order valence-corrected chi connectivity index (χ1v) is 8.82. The average Bonchev–Trinajstić information content (AvgIpc) is 2.92. The molecule has 1 atom stereocenters. The Bertz CT molecular complexity index is 601. The summed E-state index contributed by atoms with van der Waals surface area (Å²) in [7, 11) is 0. The molecule has 25 heavy (non-hydrogen) atoms. The van der Waals surface area contributed by atoms with Crippen LogP contribution in [0.2, 0.25) is 0 Å². The van der Waals surface area contributed by atoms with Crippen LogP contribution in [-0.2, 0) is 20.8 Å². The molecule has 1 heterocycles. The average molecular weight is 345 g/mol. The first-order valence-electron chi connectivity index (χ1n) is 8.82. The smallest absolute Gasteiger partial charge is 0.225 e. The molecule has 6 heteroatoms. The number of amides is 3. The van der Waals surface area contributed by atoms with Crippen molar-refractivity contribution < 1.29 is 14.4 Å². The zero-order chi connectivity index (χ0) is 18.2. The summed E-state index contributed by atoms with van der Waals surface area (Å²) in [6.45, 7) is 6.04. The second-order valence-corrected chi connectivity index (χ2v) is 6.90. The summed E-state index contributed by atoms with van der Waals surface area (Å²) in [6.07, 6.45) is 0.606. The van der Waals surface area contributed by atoms with Crippen LogP contribution >= 0.6 is 0 Å². The lowest BCUT2D eigenvalue weighted by Crippen LogP contribution is -2.39. The zero-order valence-electron chi connectivity index (χ0n) is 15.0. The Balaban J connectivity index is 1.64. The van der Waals surface area contributed by atoms with Gasteiger partial charge in [0.2, 0.25) is 17.7 Å². The van der Waals surface area contributed by atoms with Gasteiger partial charge in [-0.25, -0.2) is 0 Å². The van der Waals surface area contributed by atoms with E-state index in [1.807, 2.05) is 30.3 Å². The molecule has 1 aromatic carbocycles. The molecule has 0 aliphatic carbocycles. The second kappa shape index (κ2) is 9.20. The first kappa shape index (κ1) is 19.0. The van der Waals surface area contributed by atoms with E-state index < -0.39 is 0 Å². The minimum absolute atomic E-state index is 0.0463. The van der Waals surface area contributed by atoms with E-state index in [1.54, 1.807) is 4.90 Å². The van der Waals surface area contributed by atoms with Gasteiger partial charge in [0.25, 0.3) is 0 Å². The molecule has 1 aliphatic rings. The molecule has 1 unspecified atom stereocenters. The maximum absolute atomic E-state index is 12.2. The van der Waals surface area contributed by atoms with Gasteiger partial charge in [-0.05, 0) is 11.5 Å². The molecule has 2 N–H and O–H groups in total.